The van der Waals surface area contributed by atoms with E-state index in [0.717, 1.165) is 32.2 Å². The van der Waals surface area contributed by atoms with E-state index in [1.54, 1.807) is 0 Å². The van der Waals surface area contributed by atoms with Gasteiger partial charge in [0.1, 0.15) is 0 Å². The highest BCUT2D eigenvalue weighted by atomic mass is 16.1. The SMILES string of the molecule is CCNC(=O)CCCCCCCCCCCCC(N)=O. The van der Waals surface area contributed by atoms with Gasteiger partial charge in [0.05, 0.1) is 0 Å². The molecule has 3 N–H and O–H groups in total. The van der Waals surface area contributed by atoms with Crippen LogP contribution in [-0.2, 0) is 9.59 Å². The minimum Gasteiger partial charge on any atom is -0.370 e. The van der Waals surface area contributed by atoms with E-state index < -0.39 is 0 Å². The lowest BCUT2D eigenvalue weighted by Crippen LogP contribution is -2.21. The predicted octanol–water partition coefficient (Wildman–Crippen LogP) is 3.29. The predicted molar refractivity (Wildman–Crippen MR) is 83.3 cm³/mol. The van der Waals surface area contributed by atoms with E-state index in [9.17, 15) is 9.59 Å². The quantitative estimate of drug-likeness (QED) is 0.480. The Balaban J connectivity index is 3.06. The summed E-state index contributed by atoms with van der Waals surface area (Å²) < 4.78 is 0. The lowest BCUT2D eigenvalue weighted by atomic mass is 10.0. The summed E-state index contributed by atoms with van der Waals surface area (Å²) in [6.07, 6.45) is 13.0. The van der Waals surface area contributed by atoms with Gasteiger partial charge in [-0.15, -0.1) is 0 Å². The fourth-order valence-corrected chi connectivity index (χ4v) is 2.28. The van der Waals surface area contributed by atoms with Crippen molar-refractivity contribution in [1.29, 1.82) is 0 Å². The molecule has 0 saturated carbocycles. The lowest BCUT2D eigenvalue weighted by molar-refractivity contribution is -0.121. The third-order valence-electron chi connectivity index (χ3n) is 3.45. The molecule has 0 unspecified atom stereocenters. The van der Waals surface area contributed by atoms with E-state index in [2.05, 4.69) is 5.32 Å². The number of hydrogen-bond acceptors (Lipinski definition) is 2. The average molecular weight is 284 g/mol. The van der Waals surface area contributed by atoms with Crippen molar-refractivity contribution in [3.63, 3.8) is 0 Å². The first kappa shape index (κ1) is 18.9. The molecular formula is C16H32N2O2. The molecule has 0 radical (unpaired) electrons. The first-order valence-electron chi connectivity index (χ1n) is 8.21. The third-order valence-corrected chi connectivity index (χ3v) is 3.45. The lowest BCUT2D eigenvalue weighted by Gasteiger charge is -2.03. The molecule has 0 saturated heterocycles. The van der Waals surface area contributed by atoms with Crippen LogP contribution in [0.25, 0.3) is 0 Å². The molecule has 2 amide bonds. The Morgan fingerprint density at radius 1 is 0.750 bits per heavy atom. The van der Waals surface area contributed by atoms with E-state index in [0.29, 0.717) is 12.8 Å². The van der Waals surface area contributed by atoms with Gasteiger partial charge in [0.15, 0.2) is 0 Å². The molecule has 4 nitrogen and oxygen atoms in total. The largest absolute Gasteiger partial charge is 0.370 e. The first-order chi connectivity index (χ1) is 9.66. The molecule has 118 valence electrons. The normalized spacial score (nSPS) is 10.4. The minimum atomic E-state index is -0.183. The number of unbranched alkanes of at least 4 members (excludes halogenated alkanes) is 9. The van der Waals surface area contributed by atoms with E-state index in [-0.39, 0.29) is 11.8 Å². The standard InChI is InChI=1S/C16H32N2O2/c1-2-18-16(20)14-12-10-8-6-4-3-5-7-9-11-13-15(17)19/h2-14H2,1H3,(H2,17,19)(H,18,20). The Morgan fingerprint density at radius 3 is 1.55 bits per heavy atom. The maximum atomic E-state index is 11.2. The highest BCUT2D eigenvalue weighted by Crippen LogP contribution is 2.11. The van der Waals surface area contributed by atoms with Crippen molar-refractivity contribution in [2.24, 2.45) is 5.73 Å². The molecule has 0 aromatic rings. The summed E-state index contributed by atoms with van der Waals surface area (Å²) in [7, 11) is 0. The van der Waals surface area contributed by atoms with E-state index in [1.165, 1.54) is 38.5 Å². The monoisotopic (exact) mass is 284 g/mol. The summed E-state index contributed by atoms with van der Waals surface area (Å²) in [5.41, 5.74) is 5.08. The van der Waals surface area contributed by atoms with Gasteiger partial charge in [-0.1, -0.05) is 51.4 Å². The van der Waals surface area contributed by atoms with Gasteiger partial charge in [0.25, 0.3) is 0 Å². The summed E-state index contributed by atoms with van der Waals surface area (Å²) >= 11 is 0. The molecule has 0 bridgehead atoms. The number of primary amides is 1. The van der Waals surface area contributed by atoms with Crippen molar-refractivity contribution in [2.45, 2.75) is 84.0 Å². The van der Waals surface area contributed by atoms with E-state index in [4.69, 9.17) is 5.73 Å². The second-order valence-corrected chi connectivity index (χ2v) is 5.46. The fourth-order valence-electron chi connectivity index (χ4n) is 2.28. The molecule has 0 heterocycles. The fraction of sp³-hybridized carbons (Fsp3) is 0.875. The number of rotatable bonds is 14. The van der Waals surface area contributed by atoms with Gasteiger partial charge >= 0.3 is 0 Å². The topological polar surface area (TPSA) is 72.2 Å². The molecule has 0 spiro atoms. The van der Waals surface area contributed by atoms with Gasteiger partial charge in [-0.2, -0.15) is 0 Å². The molecule has 0 rings (SSSR count). The molecule has 0 atom stereocenters. The van der Waals surface area contributed by atoms with Crippen molar-refractivity contribution >= 4 is 11.8 Å². The number of carbonyl (C=O) groups excluding carboxylic acids is 2. The van der Waals surface area contributed by atoms with Crippen molar-refractivity contribution in [2.75, 3.05) is 6.54 Å². The van der Waals surface area contributed by atoms with Gasteiger partial charge in [-0.25, -0.2) is 0 Å². The van der Waals surface area contributed by atoms with Gasteiger partial charge in [-0.3, -0.25) is 9.59 Å². The molecule has 4 heteroatoms. The van der Waals surface area contributed by atoms with Crippen molar-refractivity contribution in [3.05, 3.63) is 0 Å². The van der Waals surface area contributed by atoms with Crippen molar-refractivity contribution in [3.8, 4) is 0 Å². The summed E-state index contributed by atoms with van der Waals surface area (Å²) in [5.74, 6) is 0.000999. The number of nitrogens with two attached hydrogens (primary N) is 1. The van der Waals surface area contributed by atoms with Crippen LogP contribution in [0, 0.1) is 0 Å². The van der Waals surface area contributed by atoms with Crippen LogP contribution in [0.5, 0.6) is 0 Å². The first-order valence-corrected chi connectivity index (χ1v) is 8.21. The number of hydrogen-bond donors (Lipinski definition) is 2. The van der Waals surface area contributed by atoms with Crippen LogP contribution in [0.15, 0.2) is 0 Å². The molecule has 0 aliphatic heterocycles. The summed E-state index contributed by atoms with van der Waals surface area (Å²) in [6, 6.07) is 0. The maximum absolute atomic E-state index is 11.2. The Bertz CT molecular complexity index is 255. The van der Waals surface area contributed by atoms with Crippen molar-refractivity contribution < 1.29 is 9.59 Å². The molecular weight excluding hydrogens is 252 g/mol. The van der Waals surface area contributed by atoms with E-state index in [1.807, 2.05) is 6.92 Å². The maximum Gasteiger partial charge on any atom is 0.219 e. The zero-order valence-corrected chi connectivity index (χ0v) is 13.1. The average Bonchev–Trinajstić information content (AvgIpc) is 2.40. The molecule has 0 aliphatic rings. The van der Waals surface area contributed by atoms with Gasteiger partial charge in [-0.05, 0) is 19.8 Å². The van der Waals surface area contributed by atoms with Gasteiger partial charge < -0.3 is 11.1 Å². The number of amides is 2. The van der Waals surface area contributed by atoms with Crippen molar-refractivity contribution in [1.82, 2.24) is 5.32 Å². The molecule has 0 aromatic heterocycles. The minimum absolute atomic E-state index is 0.183. The molecule has 0 aliphatic carbocycles. The molecule has 0 fully saturated rings. The Kier molecular flexibility index (Phi) is 13.6. The van der Waals surface area contributed by atoms with E-state index >= 15 is 0 Å². The number of carbonyl (C=O) groups is 2. The van der Waals surface area contributed by atoms with Crippen LogP contribution < -0.4 is 11.1 Å². The molecule has 0 aromatic carbocycles. The second-order valence-electron chi connectivity index (χ2n) is 5.46. The van der Waals surface area contributed by atoms with Crippen LogP contribution in [0.2, 0.25) is 0 Å². The van der Waals surface area contributed by atoms with Gasteiger partial charge in [0.2, 0.25) is 11.8 Å². The summed E-state index contributed by atoms with van der Waals surface area (Å²) in [4.78, 5) is 21.7. The Morgan fingerprint density at radius 2 is 1.15 bits per heavy atom. The number of nitrogens with one attached hydrogen (secondary N) is 1. The van der Waals surface area contributed by atoms with Crippen LogP contribution in [-0.4, -0.2) is 18.4 Å². The van der Waals surface area contributed by atoms with Crippen LogP contribution in [0.4, 0.5) is 0 Å². The Labute approximate surface area is 123 Å². The van der Waals surface area contributed by atoms with Gasteiger partial charge in [0, 0.05) is 19.4 Å². The van der Waals surface area contributed by atoms with Crippen LogP contribution >= 0.6 is 0 Å². The van der Waals surface area contributed by atoms with Crippen LogP contribution in [0.3, 0.4) is 0 Å². The van der Waals surface area contributed by atoms with Crippen LogP contribution in [0.1, 0.15) is 84.0 Å². The Hall–Kier alpha value is -1.06. The zero-order chi connectivity index (χ0) is 15.1. The molecule has 20 heavy (non-hydrogen) atoms. The highest BCUT2D eigenvalue weighted by molar-refractivity contribution is 5.75. The summed E-state index contributed by atoms with van der Waals surface area (Å²) in [5, 5.41) is 2.82. The smallest absolute Gasteiger partial charge is 0.219 e. The second kappa shape index (κ2) is 14.4. The zero-order valence-electron chi connectivity index (χ0n) is 13.1. The summed E-state index contributed by atoms with van der Waals surface area (Å²) in [6.45, 7) is 2.68. The highest BCUT2D eigenvalue weighted by Gasteiger charge is 1.99. The third kappa shape index (κ3) is 15.0.